The van der Waals surface area contributed by atoms with Crippen molar-refractivity contribution >= 4 is 17.4 Å². The number of hydrogen-bond donors (Lipinski definition) is 2. The first-order valence-electron chi connectivity index (χ1n) is 9.95. The molecule has 3 rings (SSSR count). The van der Waals surface area contributed by atoms with Crippen LogP contribution >= 0.6 is 0 Å². The molecule has 0 bridgehead atoms. The molecule has 0 atom stereocenters. The molecule has 1 heterocycles. The molecule has 0 saturated carbocycles. The fraction of sp³-hybridized carbons (Fsp3) is 0.364. The number of nitrogens with zero attached hydrogens (tertiary/aromatic N) is 3. The van der Waals surface area contributed by atoms with Gasteiger partial charge in [-0.25, -0.2) is 9.18 Å². The Morgan fingerprint density at radius 1 is 1.17 bits per heavy atom. The van der Waals surface area contributed by atoms with Crippen molar-refractivity contribution in [2.24, 2.45) is 0 Å². The van der Waals surface area contributed by atoms with Crippen molar-refractivity contribution in [2.45, 2.75) is 6.42 Å². The Labute approximate surface area is 176 Å². The van der Waals surface area contributed by atoms with Gasteiger partial charge in [-0.1, -0.05) is 0 Å². The van der Waals surface area contributed by atoms with E-state index in [0.29, 0.717) is 12.2 Å². The number of ether oxygens (including phenoxy) is 1. The summed E-state index contributed by atoms with van der Waals surface area (Å²) in [5, 5.41) is 14.4. The predicted molar refractivity (Wildman–Crippen MR) is 114 cm³/mol. The molecule has 7 nitrogen and oxygen atoms in total. The number of anilines is 2. The van der Waals surface area contributed by atoms with Crippen molar-refractivity contribution in [2.75, 3.05) is 56.6 Å². The van der Waals surface area contributed by atoms with E-state index in [-0.39, 0.29) is 5.56 Å². The Kier molecular flexibility index (Phi) is 7.46. The maximum Gasteiger partial charge on any atom is 0.319 e. The van der Waals surface area contributed by atoms with Gasteiger partial charge in [-0.3, -0.25) is 4.90 Å². The molecule has 2 N–H and O–H groups in total. The number of carbonyl (C=O) groups excluding carboxylic acids is 1. The van der Waals surface area contributed by atoms with Gasteiger partial charge >= 0.3 is 6.03 Å². The second kappa shape index (κ2) is 10.5. The van der Waals surface area contributed by atoms with Crippen LogP contribution < -0.4 is 20.3 Å². The standard InChI is InChI=1S/C22H26FN5O2/c1-30-20-6-4-19(5-7-20)28-13-11-27(12-14-28)10-2-9-25-22(29)26-21-8-3-18(23)15-17(21)16-24/h3-8,15H,2,9-14H2,1H3,(H2,25,26,29). The highest BCUT2D eigenvalue weighted by Gasteiger charge is 2.17. The number of halogens is 1. The number of benzene rings is 2. The first-order valence-corrected chi connectivity index (χ1v) is 9.95. The first kappa shape index (κ1) is 21.4. The normalized spacial score (nSPS) is 14.1. The molecule has 1 saturated heterocycles. The fourth-order valence-corrected chi connectivity index (χ4v) is 3.41. The summed E-state index contributed by atoms with van der Waals surface area (Å²) in [5.41, 5.74) is 1.59. The van der Waals surface area contributed by atoms with Crippen molar-refractivity contribution in [1.82, 2.24) is 10.2 Å². The van der Waals surface area contributed by atoms with Crippen LogP contribution in [0.4, 0.5) is 20.6 Å². The van der Waals surface area contributed by atoms with Gasteiger partial charge in [-0.05, 0) is 55.4 Å². The Morgan fingerprint density at radius 3 is 2.57 bits per heavy atom. The molecule has 0 radical (unpaired) electrons. The zero-order chi connectivity index (χ0) is 21.3. The van der Waals surface area contributed by atoms with E-state index in [1.807, 2.05) is 18.2 Å². The number of nitrogens with one attached hydrogen (secondary N) is 2. The van der Waals surface area contributed by atoms with E-state index < -0.39 is 11.8 Å². The molecule has 1 aliphatic heterocycles. The highest BCUT2D eigenvalue weighted by Crippen LogP contribution is 2.20. The fourth-order valence-electron chi connectivity index (χ4n) is 3.41. The smallest absolute Gasteiger partial charge is 0.319 e. The number of piperazine rings is 1. The number of nitriles is 1. The van der Waals surface area contributed by atoms with Gasteiger partial charge in [-0.2, -0.15) is 5.26 Å². The van der Waals surface area contributed by atoms with Crippen LogP contribution in [0.15, 0.2) is 42.5 Å². The predicted octanol–water partition coefficient (Wildman–Crippen LogP) is 3.04. The lowest BCUT2D eigenvalue weighted by Crippen LogP contribution is -2.47. The third-order valence-corrected chi connectivity index (χ3v) is 5.10. The second-order valence-electron chi connectivity index (χ2n) is 7.06. The van der Waals surface area contributed by atoms with Crippen LogP contribution in [-0.2, 0) is 0 Å². The average Bonchev–Trinajstić information content (AvgIpc) is 2.78. The monoisotopic (exact) mass is 411 g/mol. The quantitative estimate of drug-likeness (QED) is 0.685. The van der Waals surface area contributed by atoms with E-state index in [1.54, 1.807) is 7.11 Å². The van der Waals surface area contributed by atoms with Crippen LogP contribution in [0.25, 0.3) is 0 Å². The highest BCUT2D eigenvalue weighted by molar-refractivity contribution is 5.90. The number of amides is 2. The largest absolute Gasteiger partial charge is 0.497 e. The average molecular weight is 411 g/mol. The van der Waals surface area contributed by atoms with Crippen LogP contribution in [0, 0.1) is 17.1 Å². The molecular weight excluding hydrogens is 385 g/mol. The summed E-state index contributed by atoms with van der Waals surface area (Å²) in [6.07, 6.45) is 0.824. The summed E-state index contributed by atoms with van der Waals surface area (Å²) in [6, 6.07) is 13.3. The lowest BCUT2D eigenvalue weighted by atomic mass is 10.2. The van der Waals surface area contributed by atoms with Gasteiger partial charge in [0.15, 0.2) is 0 Å². The van der Waals surface area contributed by atoms with Gasteiger partial charge in [0.25, 0.3) is 0 Å². The summed E-state index contributed by atoms with van der Waals surface area (Å²) >= 11 is 0. The number of urea groups is 1. The topological polar surface area (TPSA) is 80.6 Å². The van der Waals surface area contributed by atoms with Gasteiger partial charge in [0.2, 0.25) is 0 Å². The van der Waals surface area contributed by atoms with E-state index >= 15 is 0 Å². The van der Waals surface area contributed by atoms with Crippen LogP contribution in [0.1, 0.15) is 12.0 Å². The molecule has 2 amide bonds. The van der Waals surface area contributed by atoms with Gasteiger partial charge in [0, 0.05) is 38.4 Å². The van der Waals surface area contributed by atoms with Crippen molar-refractivity contribution < 1.29 is 13.9 Å². The van der Waals surface area contributed by atoms with E-state index in [9.17, 15) is 9.18 Å². The first-order chi connectivity index (χ1) is 14.6. The van der Waals surface area contributed by atoms with E-state index in [1.165, 1.54) is 17.8 Å². The van der Waals surface area contributed by atoms with Crippen molar-refractivity contribution in [1.29, 1.82) is 5.26 Å². The summed E-state index contributed by atoms with van der Waals surface area (Å²) in [5.74, 6) is 0.349. The Hall–Kier alpha value is -3.31. The highest BCUT2D eigenvalue weighted by atomic mass is 19.1. The minimum atomic E-state index is -0.510. The molecule has 0 unspecified atom stereocenters. The number of methoxy groups -OCH3 is 1. The molecule has 0 spiro atoms. The van der Waals surface area contributed by atoms with Crippen molar-refractivity contribution in [3.63, 3.8) is 0 Å². The molecule has 30 heavy (non-hydrogen) atoms. The Morgan fingerprint density at radius 2 is 1.90 bits per heavy atom. The third-order valence-electron chi connectivity index (χ3n) is 5.10. The third kappa shape index (κ3) is 5.84. The molecule has 0 aliphatic carbocycles. The van der Waals surface area contributed by atoms with Gasteiger partial charge in [0.1, 0.15) is 17.6 Å². The Balaban J connectivity index is 1.34. The molecule has 1 aliphatic rings. The number of carbonyl (C=O) groups is 1. The van der Waals surface area contributed by atoms with E-state index in [0.717, 1.165) is 51.0 Å². The van der Waals surface area contributed by atoms with E-state index in [2.05, 4.69) is 32.6 Å². The zero-order valence-electron chi connectivity index (χ0n) is 17.0. The molecule has 1 fully saturated rings. The molecule has 8 heteroatoms. The van der Waals surface area contributed by atoms with Crippen LogP contribution in [0.3, 0.4) is 0 Å². The van der Waals surface area contributed by atoms with Gasteiger partial charge in [0.05, 0.1) is 18.4 Å². The minimum Gasteiger partial charge on any atom is -0.497 e. The summed E-state index contributed by atoms with van der Waals surface area (Å²) in [6.45, 7) is 5.28. The lowest BCUT2D eigenvalue weighted by Gasteiger charge is -2.36. The molecule has 2 aromatic carbocycles. The summed E-state index contributed by atoms with van der Waals surface area (Å²) in [4.78, 5) is 16.7. The molecule has 0 aromatic heterocycles. The van der Waals surface area contributed by atoms with Gasteiger partial charge < -0.3 is 20.3 Å². The lowest BCUT2D eigenvalue weighted by molar-refractivity contribution is 0.244. The van der Waals surface area contributed by atoms with Crippen LogP contribution in [-0.4, -0.2) is 57.3 Å². The summed E-state index contributed by atoms with van der Waals surface area (Å²) in [7, 11) is 1.67. The number of rotatable bonds is 7. The molecule has 2 aromatic rings. The Bertz CT molecular complexity index is 889. The van der Waals surface area contributed by atoms with Gasteiger partial charge in [-0.15, -0.1) is 0 Å². The number of hydrogen-bond acceptors (Lipinski definition) is 5. The van der Waals surface area contributed by atoms with Crippen LogP contribution in [0.5, 0.6) is 5.75 Å². The SMILES string of the molecule is COc1ccc(N2CCN(CCCNC(=O)Nc3ccc(F)cc3C#N)CC2)cc1. The molecular formula is C22H26FN5O2. The zero-order valence-corrected chi connectivity index (χ0v) is 17.0. The maximum absolute atomic E-state index is 13.2. The van der Waals surface area contributed by atoms with E-state index in [4.69, 9.17) is 10.00 Å². The maximum atomic E-state index is 13.2. The molecule has 158 valence electrons. The summed E-state index contributed by atoms with van der Waals surface area (Å²) < 4.78 is 18.4. The van der Waals surface area contributed by atoms with Crippen LogP contribution in [0.2, 0.25) is 0 Å². The second-order valence-corrected chi connectivity index (χ2v) is 7.06. The van der Waals surface area contributed by atoms with Crippen molar-refractivity contribution in [3.05, 3.63) is 53.8 Å². The minimum absolute atomic E-state index is 0.0971. The van der Waals surface area contributed by atoms with Crippen molar-refractivity contribution in [3.8, 4) is 11.8 Å².